The van der Waals surface area contributed by atoms with Crippen LogP contribution >= 0.6 is 14.2 Å². The molecule has 0 aliphatic heterocycles. The molecule has 1 rings (SSSR count). The van der Waals surface area contributed by atoms with Gasteiger partial charge >= 0.3 is 36.1 Å². The van der Waals surface area contributed by atoms with Crippen molar-refractivity contribution in [2.24, 2.45) is 0 Å². The Morgan fingerprint density at radius 2 is 2.44 bits per heavy atom. The summed E-state index contributed by atoms with van der Waals surface area (Å²) in [6, 6.07) is 0. The molecule has 0 fully saturated rings. The predicted octanol–water partition coefficient (Wildman–Crippen LogP) is 1.75. The smallest absolute Gasteiger partial charge is 0.109 e. The van der Waals surface area contributed by atoms with Crippen molar-refractivity contribution >= 4 is 19.1 Å². The van der Waals surface area contributed by atoms with Crippen molar-refractivity contribution in [3.05, 3.63) is 24.3 Å². The first-order chi connectivity index (χ1) is 4.41. The van der Waals surface area contributed by atoms with E-state index in [1.807, 2.05) is 12.2 Å². The fraction of sp³-hybridized carbons (Fsp3) is 0.167. The van der Waals surface area contributed by atoms with E-state index in [0.29, 0.717) is 0 Å². The van der Waals surface area contributed by atoms with Crippen molar-refractivity contribution in [1.29, 1.82) is 0 Å². The SMILES string of the molecule is O=[C]=[Ni][Br].[C-]1=CC=CC1. The molecule has 53 valence electrons. The van der Waals surface area contributed by atoms with Crippen LogP contribution in [0.3, 0.4) is 0 Å². The second-order valence-corrected chi connectivity index (χ2v) is 2.55. The van der Waals surface area contributed by atoms with Crippen LogP contribution in [0.2, 0.25) is 0 Å². The van der Waals surface area contributed by atoms with Crippen molar-refractivity contribution in [3.8, 4) is 0 Å². The molecule has 0 N–H and O–H groups in total. The molecule has 3 heteroatoms. The molecule has 1 aliphatic carbocycles. The zero-order chi connectivity index (χ0) is 6.95. The zero-order valence-electron chi connectivity index (χ0n) is 4.54. The van der Waals surface area contributed by atoms with E-state index < -0.39 is 0 Å². The first kappa shape index (κ1) is 9.03. The van der Waals surface area contributed by atoms with Gasteiger partial charge in [0.1, 0.15) is 0 Å². The number of allylic oxidation sites excluding steroid dienone is 4. The van der Waals surface area contributed by atoms with Crippen LogP contribution in [0, 0.1) is 6.08 Å². The van der Waals surface area contributed by atoms with Gasteiger partial charge in [0.05, 0.1) is 0 Å². The van der Waals surface area contributed by atoms with Gasteiger partial charge in [0.2, 0.25) is 0 Å². The number of halogens is 1. The molecule has 0 amide bonds. The maximum atomic E-state index is 8.97. The summed E-state index contributed by atoms with van der Waals surface area (Å²) < 4.78 is 0. The topological polar surface area (TPSA) is 17.1 Å². The van der Waals surface area contributed by atoms with Crippen LogP contribution in [0.25, 0.3) is 0 Å². The third kappa shape index (κ3) is 8.03. The van der Waals surface area contributed by atoms with Gasteiger partial charge in [0.15, 0.2) is 0 Å². The Balaban J connectivity index is 0.000000148. The van der Waals surface area contributed by atoms with E-state index in [1.54, 1.807) is 0 Å². The van der Waals surface area contributed by atoms with Gasteiger partial charge in [-0.05, 0) is 0 Å². The summed E-state index contributed by atoms with van der Waals surface area (Å²) >= 11 is 3.49. The summed E-state index contributed by atoms with van der Waals surface area (Å²) in [4.78, 5) is 10.5. The Morgan fingerprint density at radius 3 is 2.56 bits per heavy atom. The second-order valence-electron chi connectivity index (χ2n) is 1.13. The molecule has 1 aliphatic rings. The van der Waals surface area contributed by atoms with E-state index >= 15 is 0 Å². The minimum Gasteiger partial charge on any atom is -0.273 e. The Bertz CT molecular complexity index is 146. The summed E-state index contributed by atoms with van der Waals surface area (Å²) in [5, 5.41) is 0. The molecule has 0 aromatic rings. The number of hydrogen-bond donors (Lipinski definition) is 0. The summed E-state index contributed by atoms with van der Waals surface area (Å²) in [6.45, 7) is 0. The molecular weight excluding hydrogens is 227 g/mol. The third-order valence-electron chi connectivity index (χ3n) is 0.610. The zero-order valence-corrected chi connectivity index (χ0v) is 7.12. The molecule has 0 aromatic heterocycles. The van der Waals surface area contributed by atoms with Crippen LogP contribution in [-0.4, -0.2) is 4.86 Å². The fourth-order valence-corrected chi connectivity index (χ4v) is 0.340. The van der Waals surface area contributed by atoms with Crippen molar-refractivity contribution < 1.29 is 17.0 Å². The Hall–Kier alpha value is 0.0335. The van der Waals surface area contributed by atoms with Crippen LogP contribution in [0.5, 0.6) is 0 Å². The summed E-state index contributed by atoms with van der Waals surface area (Å²) in [5.41, 5.74) is 0. The van der Waals surface area contributed by atoms with Crippen LogP contribution < -0.4 is 0 Å². The Kier molecular flexibility index (Phi) is 8.06. The molecule has 0 aromatic carbocycles. The quantitative estimate of drug-likeness (QED) is 0.459. The van der Waals surface area contributed by atoms with E-state index in [0.717, 1.165) is 18.7 Å². The molecule has 0 spiro atoms. The van der Waals surface area contributed by atoms with Crippen LogP contribution in [0.15, 0.2) is 18.2 Å². The Labute approximate surface area is 67.0 Å². The van der Waals surface area contributed by atoms with Gasteiger partial charge in [-0.1, -0.05) is 0 Å². The van der Waals surface area contributed by atoms with Gasteiger partial charge in [-0.15, -0.1) is 6.42 Å². The average molecular weight is 232 g/mol. The van der Waals surface area contributed by atoms with Crippen molar-refractivity contribution in [1.82, 2.24) is 0 Å². The first-order valence-corrected chi connectivity index (χ1v) is 5.13. The molecule has 0 saturated carbocycles. The van der Waals surface area contributed by atoms with E-state index in [9.17, 15) is 0 Å². The fourth-order valence-electron chi connectivity index (χ4n) is 0.340. The van der Waals surface area contributed by atoms with E-state index in [1.165, 1.54) is 4.86 Å². The Morgan fingerprint density at radius 1 is 1.78 bits per heavy atom. The summed E-state index contributed by atoms with van der Waals surface area (Å²) in [6.07, 6.45) is 10.0. The van der Waals surface area contributed by atoms with Gasteiger partial charge in [0.25, 0.3) is 0 Å². The first-order valence-electron chi connectivity index (χ1n) is 2.20. The summed E-state index contributed by atoms with van der Waals surface area (Å²) in [7, 11) is 0. The average Bonchev–Trinajstić information content (AvgIpc) is 2.43. The predicted molar refractivity (Wildman–Crippen MR) is 36.2 cm³/mol. The molecule has 0 heterocycles. The molecule has 9 heavy (non-hydrogen) atoms. The molecule has 0 atom stereocenters. The van der Waals surface area contributed by atoms with Crippen molar-refractivity contribution in [2.75, 3.05) is 0 Å². The monoisotopic (exact) mass is 230 g/mol. The largest absolute Gasteiger partial charge is 0.273 e. The normalized spacial score (nSPS) is 12.6. The second kappa shape index (κ2) is 8.03. The molecule has 0 unspecified atom stereocenters. The van der Waals surface area contributed by atoms with Gasteiger partial charge in [-0.25, -0.2) is 12.2 Å². The van der Waals surface area contributed by atoms with Crippen LogP contribution in [0.1, 0.15) is 6.42 Å². The number of hydrogen-bond acceptors (Lipinski definition) is 1. The third-order valence-corrected chi connectivity index (χ3v) is 1.11. The molecule has 1 nitrogen and oxygen atoms in total. The van der Waals surface area contributed by atoms with E-state index in [4.69, 9.17) is 4.79 Å². The van der Waals surface area contributed by atoms with Crippen molar-refractivity contribution in [2.45, 2.75) is 6.42 Å². The minimum absolute atomic E-state index is 0.729. The standard InChI is InChI=1S/C5H5.CO.BrH.Ni/c1-2-4-5-3-1;1-2;;/h1-3H,4H2;;1H;/q-1;;;+1/p-1. The van der Waals surface area contributed by atoms with Crippen LogP contribution in [0.4, 0.5) is 0 Å². The molecule has 0 saturated heterocycles. The van der Waals surface area contributed by atoms with E-state index in [-0.39, 0.29) is 0 Å². The van der Waals surface area contributed by atoms with Gasteiger partial charge in [-0.3, -0.25) is 6.08 Å². The summed E-state index contributed by atoms with van der Waals surface area (Å²) in [5.74, 6) is 0. The maximum absolute atomic E-state index is 8.97. The molecule has 0 radical (unpaired) electrons. The van der Waals surface area contributed by atoms with Crippen LogP contribution in [-0.2, 0) is 17.0 Å². The van der Waals surface area contributed by atoms with Gasteiger partial charge < -0.3 is 0 Å². The number of carbonyl (C=O) groups excluding carboxylic acids is 1. The van der Waals surface area contributed by atoms with Gasteiger partial charge in [-0.2, -0.15) is 6.08 Å². The molecule has 0 bridgehead atoms. The number of rotatable bonds is 0. The van der Waals surface area contributed by atoms with Gasteiger partial charge in [0, 0.05) is 0 Å². The van der Waals surface area contributed by atoms with Crippen molar-refractivity contribution in [3.63, 3.8) is 0 Å². The maximum Gasteiger partial charge on any atom is -0.109 e. The molecular formula is C6H5BrNiO-. The van der Waals surface area contributed by atoms with E-state index in [2.05, 4.69) is 26.4 Å². The minimum atomic E-state index is 0.729.